The summed E-state index contributed by atoms with van der Waals surface area (Å²) in [6.45, 7) is 2.05. The first kappa shape index (κ1) is 12.5. The van der Waals surface area contributed by atoms with E-state index in [2.05, 4.69) is 10.5 Å². The molecule has 3 heteroatoms. The van der Waals surface area contributed by atoms with E-state index in [4.69, 9.17) is 12.2 Å². The van der Waals surface area contributed by atoms with Crippen LogP contribution in [0.1, 0.15) is 16.7 Å². The summed E-state index contributed by atoms with van der Waals surface area (Å²) in [5.41, 5.74) is 6.10. The van der Waals surface area contributed by atoms with Gasteiger partial charge in [-0.3, -0.25) is 5.43 Å². The van der Waals surface area contributed by atoms with Gasteiger partial charge < -0.3 is 0 Å². The van der Waals surface area contributed by atoms with Crippen LogP contribution in [0, 0.1) is 6.92 Å². The van der Waals surface area contributed by atoms with Gasteiger partial charge in [0.2, 0.25) is 0 Å². The Balaban J connectivity index is 1.96. The van der Waals surface area contributed by atoms with Crippen molar-refractivity contribution >= 4 is 23.4 Å². The van der Waals surface area contributed by atoms with Crippen molar-refractivity contribution in [2.45, 2.75) is 6.92 Å². The minimum atomic E-state index is 0.627. The minimum Gasteiger partial charge on any atom is -0.267 e. The maximum absolute atomic E-state index is 5.25. The predicted octanol–water partition coefficient (Wildman–Crippen LogP) is 3.29. The lowest BCUT2D eigenvalue weighted by Gasteiger charge is -2.03. The molecule has 0 unspecified atom stereocenters. The van der Waals surface area contributed by atoms with Gasteiger partial charge >= 0.3 is 0 Å². The molecule has 0 aromatic heterocycles. The third kappa shape index (κ3) is 3.50. The summed E-state index contributed by atoms with van der Waals surface area (Å²) in [6.07, 6.45) is 1.75. The zero-order valence-electron chi connectivity index (χ0n) is 10.1. The van der Waals surface area contributed by atoms with Crippen LogP contribution in [0.4, 0.5) is 0 Å². The fourth-order valence-electron chi connectivity index (χ4n) is 1.47. The topological polar surface area (TPSA) is 24.4 Å². The Hall–Kier alpha value is -2.00. The van der Waals surface area contributed by atoms with E-state index in [1.165, 1.54) is 5.56 Å². The van der Waals surface area contributed by atoms with Crippen LogP contribution in [0.2, 0.25) is 0 Å². The SMILES string of the molecule is Cc1ccc(C(=S)N/N=C\c2ccccc2)cc1. The van der Waals surface area contributed by atoms with Crippen LogP contribution in [-0.4, -0.2) is 11.2 Å². The molecule has 0 saturated carbocycles. The zero-order chi connectivity index (χ0) is 12.8. The molecule has 2 aromatic carbocycles. The molecule has 0 saturated heterocycles. The number of nitrogens with one attached hydrogen (secondary N) is 1. The molecule has 0 spiro atoms. The molecule has 0 aliphatic rings. The van der Waals surface area contributed by atoms with Gasteiger partial charge in [-0.1, -0.05) is 72.4 Å². The number of thiocarbonyl (C=S) groups is 1. The summed E-state index contributed by atoms with van der Waals surface area (Å²) in [7, 11) is 0. The molecule has 18 heavy (non-hydrogen) atoms. The molecule has 0 heterocycles. The Kier molecular flexibility index (Phi) is 4.20. The van der Waals surface area contributed by atoms with Crippen LogP contribution in [0.3, 0.4) is 0 Å². The third-order valence-corrected chi connectivity index (χ3v) is 2.82. The highest BCUT2D eigenvalue weighted by atomic mass is 32.1. The molecule has 0 fully saturated rings. The maximum Gasteiger partial charge on any atom is 0.126 e. The second kappa shape index (κ2) is 6.07. The predicted molar refractivity (Wildman–Crippen MR) is 80.1 cm³/mol. The van der Waals surface area contributed by atoms with E-state index >= 15 is 0 Å². The largest absolute Gasteiger partial charge is 0.267 e. The van der Waals surface area contributed by atoms with Crippen LogP contribution in [-0.2, 0) is 0 Å². The Labute approximate surface area is 112 Å². The lowest BCUT2D eigenvalue weighted by atomic mass is 10.1. The Bertz CT molecular complexity index is 544. The minimum absolute atomic E-state index is 0.627. The number of rotatable bonds is 3. The summed E-state index contributed by atoms with van der Waals surface area (Å²) >= 11 is 5.25. The number of nitrogens with zero attached hydrogens (tertiary/aromatic N) is 1. The van der Waals surface area contributed by atoms with Gasteiger partial charge in [-0.25, -0.2) is 0 Å². The van der Waals surface area contributed by atoms with Crippen LogP contribution >= 0.6 is 12.2 Å². The number of aryl methyl sites for hydroxylation is 1. The standard InChI is InChI=1S/C15H14N2S/c1-12-7-9-14(10-8-12)15(18)17-16-11-13-5-3-2-4-6-13/h2-11H,1H3,(H,17,18)/b16-11-. The van der Waals surface area contributed by atoms with Crippen molar-refractivity contribution in [1.29, 1.82) is 0 Å². The van der Waals surface area contributed by atoms with Gasteiger partial charge in [-0.2, -0.15) is 5.10 Å². The van der Waals surface area contributed by atoms with E-state index in [0.29, 0.717) is 4.99 Å². The normalized spacial score (nSPS) is 10.5. The zero-order valence-corrected chi connectivity index (χ0v) is 10.9. The highest BCUT2D eigenvalue weighted by Gasteiger charge is 1.97. The molecule has 0 bridgehead atoms. The molecule has 0 aliphatic carbocycles. The fraction of sp³-hybridized carbons (Fsp3) is 0.0667. The second-order valence-corrected chi connectivity index (χ2v) is 4.38. The summed E-state index contributed by atoms with van der Waals surface area (Å²) < 4.78 is 0. The molecule has 90 valence electrons. The summed E-state index contributed by atoms with van der Waals surface area (Å²) in [6, 6.07) is 17.9. The molecule has 2 aromatic rings. The molecule has 0 atom stereocenters. The fourth-order valence-corrected chi connectivity index (χ4v) is 1.66. The first-order valence-corrected chi connectivity index (χ1v) is 6.11. The van der Waals surface area contributed by atoms with Gasteiger partial charge in [0.25, 0.3) is 0 Å². The lowest BCUT2D eigenvalue weighted by Crippen LogP contribution is -2.16. The first-order valence-electron chi connectivity index (χ1n) is 5.71. The Morgan fingerprint density at radius 1 is 1.06 bits per heavy atom. The Morgan fingerprint density at radius 3 is 2.39 bits per heavy atom. The number of hydrogen-bond acceptors (Lipinski definition) is 2. The van der Waals surface area contributed by atoms with Crippen LogP contribution in [0.15, 0.2) is 59.7 Å². The Morgan fingerprint density at radius 2 is 1.72 bits per heavy atom. The summed E-state index contributed by atoms with van der Waals surface area (Å²) in [4.78, 5) is 0.627. The summed E-state index contributed by atoms with van der Waals surface area (Å²) in [5.74, 6) is 0. The second-order valence-electron chi connectivity index (χ2n) is 3.98. The van der Waals surface area contributed by atoms with Crippen molar-refractivity contribution in [2.24, 2.45) is 5.10 Å². The molecule has 2 rings (SSSR count). The van der Waals surface area contributed by atoms with Crippen molar-refractivity contribution in [3.8, 4) is 0 Å². The quantitative estimate of drug-likeness (QED) is 0.516. The maximum atomic E-state index is 5.25. The van der Waals surface area contributed by atoms with E-state index in [0.717, 1.165) is 11.1 Å². The van der Waals surface area contributed by atoms with Gasteiger partial charge in [-0.05, 0) is 12.5 Å². The first-order chi connectivity index (χ1) is 8.75. The molecular weight excluding hydrogens is 240 g/mol. The number of benzene rings is 2. The third-order valence-electron chi connectivity index (χ3n) is 2.49. The van der Waals surface area contributed by atoms with Crippen LogP contribution in [0.5, 0.6) is 0 Å². The van der Waals surface area contributed by atoms with E-state index in [1.807, 2.05) is 61.5 Å². The van der Waals surface area contributed by atoms with E-state index in [1.54, 1.807) is 6.21 Å². The van der Waals surface area contributed by atoms with Crippen molar-refractivity contribution in [3.63, 3.8) is 0 Å². The van der Waals surface area contributed by atoms with Crippen molar-refractivity contribution in [1.82, 2.24) is 5.43 Å². The monoisotopic (exact) mass is 254 g/mol. The van der Waals surface area contributed by atoms with Crippen molar-refractivity contribution in [2.75, 3.05) is 0 Å². The molecule has 1 N–H and O–H groups in total. The summed E-state index contributed by atoms with van der Waals surface area (Å²) in [5, 5.41) is 4.12. The molecule has 0 radical (unpaired) electrons. The highest BCUT2D eigenvalue weighted by molar-refractivity contribution is 7.80. The number of hydrogen-bond donors (Lipinski definition) is 1. The smallest absolute Gasteiger partial charge is 0.126 e. The molecule has 0 aliphatic heterocycles. The van der Waals surface area contributed by atoms with E-state index < -0.39 is 0 Å². The van der Waals surface area contributed by atoms with Gasteiger partial charge in [0.1, 0.15) is 4.99 Å². The van der Waals surface area contributed by atoms with Gasteiger partial charge in [-0.15, -0.1) is 0 Å². The van der Waals surface area contributed by atoms with Crippen LogP contribution < -0.4 is 5.43 Å². The molecule has 2 nitrogen and oxygen atoms in total. The van der Waals surface area contributed by atoms with Gasteiger partial charge in [0.15, 0.2) is 0 Å². The highest BCUT2D eigenvalue weighted by Crippen LogP contribution is 2.03. The van der Waals surface area contributed by atoms with Crippen molar-refractivity contribution in [3.05, 3.63) is 71.3 Å². The lowest BCUT2D eigenvalue weighted by molar-refractivity contribution is 1.05. The molecular formula is C15H14N2S. The number of hydrazone groups is 1. The average Bonchev–Trinajstić information content (AvgIpc) is 2.40. The van der Waals surface area contributed by atoms with Crippen LogP contribution in [0.25, 0.3) is 0 Å². The molecule has 0 amide bonds. The van der Waals surface area contributed by atoms with E-state index in [9.17, 15) is 0 Å². The average molecular weight is 254 g/mol. The van der Waals surface area contributed by atoms with Crippen molar-refractivity contribution < 1.29 is 0 Å². The van der Waals surface area contributed by atoms with Gasteiger partial charge in [0.05, 0.1) is 6.21 Å². The van der Waals surface area contributed by atoms with Gasteiger partial charge in [0, 0.05) is 5.56 Å². The van der Waals surface area contributed by atoms with E-state index in [-0.39, 0.29) is 0 Å².